The van der Waals surface area contributed by atoms with Gasteiger partial charge in [0.1, 0.15) is 5.69 Å². The molecule has 1 aromatic rings. The number of anilines is 1. The van der Waals surface area contributed by atoms with Crippen molar-refractivity contribution in [3.05, 3.63) is 33.9 Å². The highest BCUT2D eigenvalue weighted by Crippen LogP contribution is 2.25. The Labute approximate surface area is 116 Å². The molecule has 0 radical (unpaired) electrons. The number of hydrogen-bond acceptors (Lipinski definition) is 5. The number of aliphatic hydroxyl groups is 1. The van der Waals surface area contributed by atoms with E-state index < -0.39 is 4.92 Å². The van der Waals surface area contributed by atoms with Gasteiger partial charge >= 0.3 is 0 Å². The zero-order valence-corrected chi connectivity index (χ0v) is 11.0. The van der Waals surface area contributed by atoms with E-state index in [0.717, 1.165) is 19.3 Å². The highest BCUT2D eigenvalue weighted by molar-refractivity contribution is 5.96. The standard InChI is InChI=1S/C13H17N3O4/c14-11-7-9(4-5-12(11)16(19)20)13(18)15-6-2-1-3-10(15)8-17/h4-5,7,10,17H,1-3,6,8,14H2. The van der Waals surface area contributed by atoms with Crippen LogP contribution in [0.5, 0.6) is 0 Å². The molecule has 1 unspecified atom stereocenters. The molecule has 1 atom stereocenters. The predicted molar refractivity (Wildman–Crippen MR) is 73.3 cm³/mol. The summed E-state index contributed by atoms with van der Waals surface area (Å²) in [4.78, 5) is 24.1. The number of rotatable bonds is 3. The van der Waals surface area contributed by atoms with Crippen molar-refractivity contribution in [1.29, 1.82) is 0 Å². The summed E-state index contributed by atoms with van der Waals surface area (Å²) in [5, 5.41) is 20.0. The van der Waals surface area contributed by atoms with Crippen molar-refractivity contribution < 1.29 is 14.8 Å². The maximum Gasteiger partial charge on any atom is 0.292 e. The first-order valence-electron chi connectivity index (χ1n) is 6.50. The molecule has 0 bridgehead atoms. The largest absolute Gasteiger partial charge is 0.394 e. The van der Waals surface area contributed by atoms with Gasteiger partial charge in [0.25, 0.3) is 11.6 Å². The van der Waals surface area contributed by atoms with Crippen molar-refractivity contribution in [2.24, 2.45) is 0 Å². The second-order valence-electron chi connectivity index (χ2n) is 4.86. The molecule has 20 heavy (non-hydrogen) atoms. The topological polar surface area (TPSA) is 110 Å². The van der Waals surface area contributed by atoms with E-state index >= 15 is 0 Å². The highest BCUT2D eigenvalue weighted by atomic mass is 16.6. The number of likely N-dealkylation sites (tertiary alicyclic amines) is 1. The summed E-state index contributed by atoms with van der Waals surface area (Å²) < 4.78 is 0. The molecular formula is C13H17N3O4. The van der Waals surface area contributed by atoms with Crippen LogP contribution >= 0.6 is 0 Å². The molecule has 0 saturated carbocycles. The molecular weight excluding hydrogens is 262 g/mol. The number of piperidine rings is 1. The van der Waals surface area contributed by atoms with Gasteiger partial charge in [-0.25, -0.2) is 0 Å². The third kappa shape index (κ3) is 2.72. The number of nitro benzene ring substituents is 1. The van der Waals surface area contributed by atoms with E-state index in [1.54, 1.807) is 4.90 Å². The summed E-state index contributed by atoms with van der Waals surface area (Å²) in [5.74, 6) is -0.245. The minimum atomic E-state index is -0.582. The van der Waals surface area contributed by atoms with E-state index in [9.17, 15) is 20.0 Å². The number of aliphatic hydroxyl groups excluding tert-OH is 1. The molecule has 7 nitrogen and oxygen atoms in total. The van der Waals surface area contributed by atoms with Crippen LogP contribution in [-0.4, -0.2) is 40.0 Å². The molecule has 0 spiro atoms. The molecule has 1 heterocycles. The van der Waals surface area contributed by atoms with Crippen LogP contribution in [0.2, 0.25) is 0 Å². The van der Waals surface area contributed by atoms with Crippen molar-refractivity contribution >= 4 is 17.3 Å². The fourth-order valence-electron chi connectivity index (χ4n) is 2.48. The lowest BCUT2D eigenvalue weighted by Crippen LogP contribution is -2.45. The average molecular weight is 279 g/mol. The number of benzene rings is 1. The minimum Gasteiger partial charge on any atom is -0.394 e. The summed E-state index contributed by atoms with van der Waals surface area (Å²) in [6.45, 7) is 0.509. The molecule has 0 aliphatic carbocycles. The molecule has 1 amide bonds. The second-order valence-corrected chi connectivity index (χ2v) is 4.86. The van der Waals surface area contributed by atoms with Gasteiger partial charge in [-0.3, -0.25) is 14.9 Å². The zero-order valence-electron chi connectivity index (χ0n) is 11.0. The maximum absolute atomic E-state index is 12.4. The first kappa shape index (κ1) is 14.3. The Morgan fingerprint density at radius 2 is 2.25 bits per heavy atom. The number of hydrogen-bond donors (Lipinski definition) is 2. The molecule has 1 aliphatic rings. The van der Waals surface area contributed by atoms with Gasteiger partial charge in [-0.15, -0.1) is 0 Å². The Morgan fingerprint density at radius 3 is 2.85 bits per heavy atom. The van der Waals surface area contributed by atoms with Gasteiger partial charge in [0, 0.05) is 18.2 Å². The molecule has 0 aromatic heterocycles. The third-order valence-electron chi connectivity index (χ3n) is 3.57. The van der Waals surface area contributed by atoms with Crippen LogP contribution in [0, 0.1) is 10.1 Å². The molecule has 1 saturated heterocycles. The quantitative estimate of drug-likeness (QED) is 0.490. The van der Waals surface area contributed by atoms with Crippen LogP contribution in [0.25, 0.3) is 0 Å². The summed E-state index contributed by atoms with van der Waals surface area (Å²) in [5.41, 5.74) is 5.67. The number of carbonyl (C=O) groups is 1. The lowest BCUT2D eigenvalue weighted by Gasteiger charge is -2.34. The number of nitrogen functional groups attached to an aromatic ring is 1. The van der Waals surface area contributed by atoms with E-state index in [4.69, 9.17) is 5.73 Å². The van der Waals surface area contributed by atoms with Gasteiger partial charge in [0.2, 0.25) is 0 Å². The maximum atomic E-state index is 12.4. The van der Waals surface area contributed by atoms with Crippen LogP contribution in [0.1, 0.15) is 29.6 Å². The Balaban J connectivity index is 2.24. The lowest BCUT2D eigenvalue weighted by molar-refractivity contribution is -0.383. The number of amides is 1. The normalized spacial score (nSPS) is 18.9. The van der Waals surface area contributed by atoms with Crippen molar-refractivity contribution in [3.8, 4) is 0 Å². The van der Waals surface area contributed by atoms with Crippen molar-refractivity contribution in [1.82, 2.24) is 4.90 Å². The number of nitrogens with zero attached hydrogens (tertiary/aromatic N) is 2. The fourth-order valence-corrected chi connectivity index (χ4v) is 2.48. The van der Waals surface area contributed by atoms with Crippen LogP contribution in [0.4, 0.5) is 11.4 Å². The van der Waals surface area contributed by atoms with Gasteiger partial charge in [0.15, 0.2) is 0 Å². The molecule has 2 rings (SSSR count). The van der Waals surface area contributed by atoms with Gasteiger partial charge in [-0.05, 0) is 31.4 Å². The summed E-state index contributed by atoms with van der Waals surface area (Å²) in [6.07, 6.45) is 2.65. The van der Waals surface area contributed by atoms with E-state index in [-0.39, 0.29) is 29.9 Å². The van der Waals surface area contributed by atoms with Crippen molar-refractivity contribution in [2.75, 3.05) is 18.9 Å². The number of carbonyl (C=O) groups excluding carboxylic acids is 1. The summed E-state index contributed by atoms with van der Waals surface area (Å²) >= 11 is 0. The first-order chi connectivity index (χ1) is 9.54. The van der Waals surface area contributed by atoms with Crippen LogP contribution in [0.3, 0.4) is 0 Å². The Kier molecular flexibility index (Phi) is 4.19. The number of nitrogens with two attached hydrogens (primary N) is 1. The smallest absolute Gasteiger partial charge is 0.292 e. The Bertz CT molecular complexity index is 532. The van der Waals surface area contributed by atoms with Crippen molar-refractivity contribution in [2.45, 2.75) is 25.3 Å². The third-order valence-corrected chi connectivity index (χ3v) is 3.57. The Hall–Kier alpha value is -2.15. The number of nitro groups is 1. The van der Waals surface area contributed by atoms with E-state index in [1.807, 2.05) is 0 Å². The molecule has 1 fully saturated rings. The van der Waals surface area contributed by atoms with Crippen LogP contribution in [-0.2, 0) is 0 Å². The molecule has 1 aliphatic heterocycles. The summed E-state index contributed by atoms with van der Waals surface area (Å²) in [7, 11) is 0. The predicted octanol–water partition coefficient (Wildman–Crippen LogP) is 1.16. The highest BCUT2D eigenvalue weighted by Gasteiger charge is 2.27. The van der Waals surface area contributed by atoms with Gasteiger partial charge in [0.05, 0.1) is 17.6 Å². The summed E-state index contributed by atoms with van der Waals surface area (Å²) in [6, 6.07) is 3.77. The second kappa shape index (κ2) is 5.87. The molecule has 7 heteroatoms. The van der Waals surface area contributed by atoms with Crippen molar-refractivity contribution in [3.63, 3.8) is 0 Å². The zero-order chi connectivity index (χ0) is 14.7. The lowest BCUT2D eigenvalue weighted by atomic mass is 10.0. The fraction of sp³-hybridized carbons (Fsp3) is 0.462. The molecule has 108 valence electrons. The first-order valence-corrected chi connectivity index (χ1v) is 6.50. The van der Waals surface area contributed by atoms with E-state index in [1.165, 1.54) is 18.2 Å². The molecule has 3 N–H and O–H groups in total. The SMILES string of the molecule is Nc1cc(C(=O)N2CCCCC2CO)ccc1[N+](=O)[O-]. The van der Waals surface area contributed by atoms with E-state index in [0.29, 0.717) is 12.1 Å². The molecule has 1 aromatic carbocycles. The van der Waals surface area contributed by atoms with Crippen LogP contribution in [0.15, 0.2) is 18.2 Å². The minimum absolute atomic E-state index is 0.0293. The average Bonchev–Trinajstić information content (AvgIpc) is 2.45. The van der Waals surface area contributed by atoms with Gasteiger partial charge in [-0.1, -0.05) is 0 Å². The van der Waals surface area contributed by atoms with Crippen LogP contribution < -0.4 is 5.73 Å². The van der Waals surface area contributed by atoms with E-state index in [2.05, 4.69) is 0 Å². The van der Waals surface area contributed by atoms with Gasteiger partial charge in [-0.2, -0.15) is 0 Å². The van der Waals surface area contributed by atoms with Gasteiger partial charge < -0.3 is 15.7 Å². The monoisotopic (exact) mass is 279 g/mol. The Morgan fingerprint density at radius 1 is 1.50 bits per heavy atom.